The number of hydrogen-bond acceptors (Lipinski definition) is 5. The average molecular weight is 273 g/mol. The minimum Gasteiger partial charge on any atom is -0.364 e. The van der Waals surface area contributed by atoms with Crippen LogP contribution in [0.5, 0.6) is 0 Å². The molecule has 1 unspecified atom stereocenters. The first-order valence-electron chi connectivity index (χ1n) is 6.63. The highest BCUT2D eigenvalue weighted by atomic mass is 32.2. The number of nitrogens with one attached hydrogen (secondary N) is 1. The minimum atomic E-state index is 0.730. The molecule has 98 valence electrons. The highest BCUT2D eigenvalue weighted by Crippen LogP contribution is 2.23. The molecule has 2 heterocycles. The van der Waals surface area contributed by atoms with Gasteiger partial charge >= 0.3 is 0 Å². The zero-order valence-corrected chi connectivity index (χ0v) is 12.3. The van der Waals surface area contributed by atoms with E-state index in [1.807, 2.05) is 11.8 Å². The highest BCUT2D eigenvalue weighted by molar-refractivity contribution is 8.14. The molecule has 0 aromatic heterocycles. The lowest BCUT2D eigenvalue weighted by Crippen LogP contribution is -2.38. The maximum absolute atomic E-state index is 4.56. The second-order valence-corrected chi connectivity index (χ2v) is 7.07. The summed E-state index contributed by atoms with van der Waals surface area (Å²) in [5.74, 6) is 2.60. The Morgan fingerprint density at radius 2 is 2.24 bits per heavy atom. The summed E-state index contributed by atoms with van der Waals surface area (Å²) >= 11 is 4.01. The number of thioether (sulfide) groups is 2. The summed E-state index contributed by atoms with van der Waals surface area (Å²) in [5.41, 5.74) is 0. The van der Waals surface area contributed by atoms with Gasteiger partial charge in [-0.3, -0.25) is 9.89 Å². The molecule has 5 heteroatoms. The summed E-state index contributed by atoms with van der Waals surface area (Å²) in [7, 11) is 0. The topological polar surface area (TPSA) is 27.6 Å². The van der Waals surface area contributed by atoms with E-state index in [9.17, 15) is 0 Å². The van der Waals surface area contributed by atoms with E-state index in [2.05, 4.69) is 33.9 Å². The molecule has 3 nitrogen and oxygen atoms in total. The van der Waals surface area contributed by atoms with Crippen molar-refractivity contribution in [2.45, 2.75) is 25.0 Å². The third-order valence-electron chi connectivity index (χ3n) is 3.14. The van der Waals surface area contributed by atoms with Gasteiger partial charge in [-0.15, -0.1) is 0 Å². The van der Waals surface area contributed by atoms with Crippen LogP contribution in [0.2, 0.25) is 0 Å². The molecule has 0 amide bonds. The van der Waals surface area contributed by atoms with E-state index in [0.717, 1.165) is 18.3 Å². The molecule has 1 fully saturated rings. The molecule has 0 aromatic rings. The van der Waals surface area contributed by atoms with Crippen LogP contribution in [0.25, 0.3) is 0 Å². The van der Waals surface area contributed by atoms with Gasteiger partial charge in [-0.2, -0.15) is 11.8 Å². The first-order chi connectivity index (χ1) is 8.38. The van der Waals surface area contributed by atoms with Gasteiger partial charge in [-0.1, -0.05) is 25.1 Å². The van der Waals surface area contributed by atoms with Crippen molar-refractivity contribution >= 4 is 28.7 Å². The highest BCUT2D eigenvalue weighted by Gasteiger charge is 2.18. The minimum absolute atomic E-state index is 0.730. The van der Waals surface area contributed by atoms with Crippen molar-refractivity contribution in [1.29, 1.82) is 0 Å². The molecule has 0 bridgehead atoms. The van der Waals surface area contributed by atoms with Crippen LogP contribution in [-0.2, 0) is 0 Å². The predicted molar refractivity (Wildman–Crippen MR) is 80.4 cm³/mol. The van der Waals surface area contributed by atoms with E-state index in [0.29, 0.717) is 0 Å². The Bertz CT molecular complexity index is 252. The Hall–Kier alpha value is 0.130. The van der Waals surface area contributed by atoms with Gasteiger partial charge in [0.1, 0.15) is 0 Å². The van der Waals surface area contributed by atoms with Crippen molar-refractivity contribution in [3.8, 4) is 0 Å². The zero-order chi connectivity index (χ0) is 11.9. The summed E-state index contributed by atoms with van der Waals surface area (Å²) in [5, 5.41) is 5.39. The third-order valence-corrected chi connectivity index (χ3v) is 5.29. The van der Waals surface area contributed by atoms with E-state index < -0.39 is 0 Å². The summed E-state index contributed by atoms with van der Waals surface area (Å²) in [6.07, 6.45) is 2.56. The van der Waals surface area contributed by atoms with Gasteiger partial charge in [0.05, 0.1) is 6.54 Å². The Kier molecular flexibility index (Phi) is 6.01. The molecule has 0 aliphatic carbocycles. The molecule has 0 radical (unpaired) electrons. The number of nitrogens with zero attached hydrogens (tertiary/aromatic N) is 2. The van der Waals surface area contributed by atoms with E-state index in [-0.39, 0.29) is 0 Å². The number of rotatable bonds is 5. The standard InChI is InChI=1S/C12H23N3S2/c1-2-3-11-10-14-12(17-11)13-4-5-15-6-8-16-9-7-15/h11H,2-10H2,1H3,(H,13,14). The van der Waals surface area contributed by atoms with E-state index in [4.69, 9.17) is 0 Å². The summed E-state index contributed by atoms with van der Waals surface area (Å²) < 4.78 is 0. The van der Waals surface area contributed by atoms with Crippen LogP contribution in [0.1, 0.15) is 19.8 Å². The average Bonchev–Trinajstić information content (AvgIpc) is 2.79. The lowest BCUT2D eigenvalue weighted by Gasteiger charge is -2.26. The van der Waals surface area contributed by atoms with Crippen LogP contribution in [0.4, 0.5) is 0 Å². The van der Waals surface area contributed by atoms with Gasteiger partial charge in [0.15, 0.2) is 5.17 Å². The second kappa shape index (κ2) is 7.54. The van der Waals surface area contributed by atoms with Crippen molar-refractivity contribution in [2.24, 2.45) is 4.99 Å². The van der Waals surface area contributed by atoms with Gasteiger partial charge < -0.3 is 5.32 Å². The van der Waals surface area contributed by atoms with Crippen LogP contribution in [0.3, 0.4) is 0 Å². The second-order valence-electron chi connectivity index (χ2n) is 4.56. The van der Waals surface area contributed by atoms with Gasteiger partial charge in [-0.05, 0) is 6.42 Å². The van der Waals surface area contributed by atoms with E-state index >= 15 is 0 Å². The smallest absolute Gasteiger partial charge is 0.156 e. The van der Waals surface area contributed by atoms with Crippen LogP contribution >= 0.6 is 23.5 Å². The monoisotopic (exact) mass is 273 g/mol. The molecule has 1 atom stereocenters. The fraction of sp³-hybridized carbons (Fsp3) is 0.917. The van der Waals surface area contributed by atoms with Gasteiger partial charge in [-0.25, -0.2) is 0 Å². The molecule has 1 N–H and O–H groups in total. The Morgan fingerprint density at radius 3 is 3.00 bits per heavy atom. The molecule has 2 rings (SSSR count). The number of aliphatic imine (C=N–C) groups is 1. The molecular weight excluding hydrogens is 250 g/mol. The fourth-order valence-corrected chi connectivity index (χ4v) is 4.26. The molecule has 0 saturated carbocycles. The molecule has 0 aromatic carbocycles. The van der Waals surface area contributed by atoms with Crippen molar-refractivity contribution < 1.29 is 0 Å². The van der Waals surface area contributed by atoms with Crippen LogP contribution in [0.15, 0.2) is 4.99 Å². The Labute approximate surface area is 113 Å². The zero-order valence-electron chi connectivity index (χ0n) is 10.7. The van der Waals surface area contributed by atoms with Crippen molar-refractivity contribution in [3.05, 3.63) is 0 Å². The molecule has 2 aliphatic heterocycles. The summed E-state index contributed by atoms with van der Waals surface area (Å²) in [6.45, 7) is 7.99. The Balaban J connectivity index is 1.56. The van der Waals surface area contributed by atoms with Gasteiger partial charge in [0.2, 0.25) is 0 Å². The molecular formula is C12H23N3S2. The van der Waals surface area contributed by atoms with Crippen molar-refractivity contribution in [3.63, 3.8) is 0 Å². The van der Waals surface area contributed by atoms with Crippen LogP contribution in [-0.4, -0.2) is 59.5 Å². The first kappa shape index (κ1) is 13.6. The van der Waals surface area contributed by atoms with Gasteiger partial charge in [0, 0.05) is 42.9 Å². The first-order valence-corrected chi connectivity index (χ1v) is 8.67. The lowest BCUT2D eigenvalue weighted by atomic mass is 10.2. The van der Waals surface area contributed by atoms with Crippen LogP contribution < -0.4 is 5.32 Å². The summed E-state index contributed by atoms with van der Waals surface area (Å²) in [6, 6.07) is 0. The SMILES string of the molecule is CCCC1CN=C(NCCN2CCSCC2)S1. The van der Waals surface area contributed by atoms with Crippen molar-refractivity contribution in [1.82, 2.24) is 10.2 Å². The summed E-state index contributed by atoms with van der Waals surface area (Å²) in [4.78, 5) is 7.11. The number of amidine groups is 1. The van der Waals surface area contributed by atoms with E-state index in [1.54, 1.807) is 0 Å². The Morgan fingerprint density at radius 1 is 1.41 bits per heavy atom. The quantitative estimate of drug-likeness (QED) is 0.828. The normalized spacial score (nSPS) is 25.9. The maximum Gasteiger partial charge on any atom is 0.156 e. The fourth-order valence-electron chi connectivity index (χ4n) is 2.13. The molecule has 1 saturated heterocycles. The predicted octanol–water partition coefficient (Wildman–Crippen LogP) is 1.90. The third kappa shape index (κ3) is 4.72. The molecule has 2 aliphatic rings. The van der Waals surface area contributed by atoms with Gasteiger partial charge in [0.25, 0.3) is 0 Å². The van der Waals surface area contributed by atoms with Crippen molar-refractivity contribution in [2.75, 3.05) is 44.2 Å². The molecule has 17 heavy (non-hydrogen) atoms. The maximum atomic E-state index is 4.56. The molecule has 0 spiro atoms. The lowest BCUT2D eigenvalue weighted by molar-refractivity contribution is 0.307. The van der Waals surface area contributed by atoms with E-state index in [1.165, 1.54) is 49.1 Å². The van der Waals surface area contributed by atoms with Crippen LogP contribution in [0, 0.1) is 0 Å². The number of hydrogen-bond donors (Lipinski definition) is 1. The largest absolute Gasteiger partial charge is 0.364 e.